The van der Waals surface area contributed by atoms with E-state index in [-0.39, 0.29) is 41.6 Å². The Bertz CT molecular complexity index is 563. The minimum absolute atomic E-state index is 0. The second-order valence-electron chi connectivity index (χ2n) is 5.75. The van der Waals surface area contributed by atoms with E-state index >= 15 is 0 Å². The monoisotopic (exact) mass is 366 g/mol. The van der Waals surface area contributed by atoms with E-state index in [1.807, 2.05) is 6.92 Å². The van der Waals surface area contributed by atoms with E-state index in [2.05, 4.69) is 10.6 Å². The molecule has 1 atom stereocenters. The van der Waals surface area contributed by atoms with Gasteiger partial charge < -0.3 is 15.4 Å². The number of carbonyl (C=O) groups excluding carboxylic acids is 1. The molecule has 1 aromatic carbocycles. The zero-order chi connectivity index (χ0) is 17.0. The summed E-state index contributed by atoms with van der Waals surface area (Å²) < 4.78 is 44.1. The summed E-state index contributed by atoms with van der Waals surface area (Å²) in [6, 6.07) is 3.14. The topological polar surface area (TPSA) is 50.4 Å². The van der Waals surface area contributed by atoms with E-state index in [4.69, 9.17) is 4.74 Å². The number of halogens is 4. The second kappa shape index (κ2) is 8.58. The summed E-state index contributed by atoms with van der Waals surface area (Å²) >= 11 is 0. The first-order chi connectivity index (χ1) is 10.8. The summed E-state index contributed by atoms with van der Waals surface area (Å²) in [6.45, 7) is 5.54. The lowest BCUT2D eigenvalue weighted by atomic mass is 9.88. The summed E-state index contributed by atoms with van der Waals surface area (Å²) in [5.74, 6) is -0.102. The molecule has 1 aliphatic heterocycles. The van der Waals surface area contributed by atoms with Crippen molar-refractivity contribution in [3.05, 3.63) is 23.8 Å². The summed E-state index contributed by atoms with van der Waals surface area (Å²) in [6.07, 6.45) is -3.75. The molecule has 0 bridgehead atoms. The lowest BCUT2D eigenvalue weighted by Crippen LogP contribution is -2.48. The van der Waals surface area contributed by atoms with E-state index in [1.165, 1.54) is 6.07 Å². The molecule has 2 rings (SSSR count). The van der Waals surface area contributed by atoms with Gasteiger partial charge in [0.15, 0.2) is 0 Å². The largest absolute Gasteiger partial charge is 0.491 e. The average molecular weight is 367 g/mol. The van der Waals surface area contributed by atoms with Gasteiger partial charge in [-0.25, -0.2) is 0 Å². The first-order valence-corrected chi connectivity index (χ1v) is 7.68. The number of benzene rings is 1. The van der Waals surface area contributed by atoms with Crippen LogP contribution in [0.25, 0.3) is 0 Å². The van der Waals surface area contributed by atoms with Crippen molar-refractivity contribution in [3.8, 4) is 5.75 Å². The molecule has 1 saturated heterocycles. The van der Waals surface area contributed by atoms with Gasteiger partial charge in [-0.05, 0) is 43.6 Å². The van der Waals surface area contributed by atoms with Gasteiger partial charge in [-0.1, -0.05) is 13.8 Å². The van der Waals surface area contributed by atoms with E-state index in [0.717, 1.165) is 31.6 Å². The zero-order valence-electron chi connectivity index (χ0n) is 13.6. The zero-order valence-corrected chi connectivity index (χ0v) is 14.4. The normalized spacial score (nSPS) is 15.9. The Labute approximate surface area is 145 Å². The van der Waals surface area contributed by atoms with Crippen LogP contribution in [0.1, 0.15) is 25.8 Å². The lowest BCUT2D eigenvalue weighted by molar-refractivity contribution is -0.137. The molecule has 1 unspecified atom stereocenters. The number of ether oxygens (including phenoxy) is 1. The number of rotatable bonds is 6. The molecule has 2 N–H and O–H groups in total. The molecule has 1 amide bonds. The number of alkyl halides is 3. The van der Waals surface area contributed by atoms with Crippen LogP contribution < -0.4 is 15.4 Å². The van der Waals surface area contributed by atoms with Crippen molar-refractivity contribution < 1.29 is 22.7 Å². The third-order valence-electron chi connectivity index (χ3n) is 3.96. The summed E-state index contributed by atoms with van der Waals surface area (Å²) in [5.41, 5.74) is -0.743. The van der Waals surface area contributed by atoms with Crippen LogP contribution in [0, 0.1) is 11.8 Å². The van der Waals surface area contributed by atoms with Crippen molar-refractivity contribution in [1.29, 1.82) is 0 Å². The van der Waals surface area contributed by atoms with E-state index in [0.29, 0.717) is 6.61 Å². The summed E-state index contributed by atoms with van der Waals surface area (Å²) in [7, 11) is 0. The van der Waals surface area contributed by atoms with E-state index < -0.39 is 11.7 Å². The highest BCUT2D eigenvalue weighted by molar-refractivity contribution is 5.94. The third kappa shape index (κ3) is 5.01. The van der Waals surface area contributed by atoms with Gasteiger partial charge in [0.2, 0.25) is 5.91 Å². The predicted octanol–water partition coefficient (Wildman–Crippen LogP) is 3.71. The Morgan fingerprint density at radius 3 is 2.58 bits per heavy atom. The van der Waals surface area contributed by atoms with Crippen LogP contribution in [0.3, 0.4) is 0 Å². The van der Waals surface area contributed by atoms with Crippen molar-refractivity contribution in [2.24, 2.45) is 11.8 Å². The maximum Gasteiger partial charge on any atom is 0.416 e. The molecule has 136 valence electrons. The highest BCUT2D eigenvalue weighted by Crippen LogP contribution is 2.35. The van der Waals surface area contributed by atoms with E-state index in [9.17, 15) is 18.0 Å². The Balaban J connectivity index is 0.00000288. The summed E-state index contributed by atoms with van der Waals surface area (Å²) in [5, 5.41) is 5.66. The number of anilines is 1. The van der Waals surface area contributed by atoms with Gasteiger partial charge in [-0.2, -0.15) is 13.2 Å². The molecular weight excluding hydrogens is 345 g/mol. The fraction of sp³-hybridized carbons (Fsp3) is 0.562. The van der Waals surface area contributed by atoms with Crippen molar-refractivity contribution in [1.82, 2.24) is 5.32 Å². The molecule has 0 aliphatic carbocycles. The van der Waals surface area contributed by atoms with Crippen molar-refractivity contribution in [3.63, 3.8) is 0 Å². The van der Waals surface area contributed by atoms with Crippen LogP contribution in [0.15, 0.2) is 18.2 Å². The second-order valence-corrected chi connectivity index (χ2v) is 5.75. The molecule has 1 heterocycles. The molecule has 24 heavy (non-hydrogen) atoms. The molecular formula is C16H22ClF3N2O2. The molecule has 0 spiro atoms. The van der Waals surface area contributed by atoms with Crippen LogP contribution in [-0.2, 0) is 11.0 Å². The smallest absolute Gasteiger partial charge is 0.416 e. The molecule has 1 fully saturated rings. The quantitative estimate of drug-likeness (QED) is 0.807. The maximum atomic E-state index is 12.9. The number of carbonyl (C=O) groups is 1. The van der Waals surface area contributed by atoms with Gasteiger partial charge in [0, 0.05) is 5.92 Å². The number of amides is 1. The Kier molecular flexibility index (Phi) is 7.35. The highest BCUT2D eigenvalue weighted by atomic mass is 35.5. The molecule has 4 nitrogen and oxygen atoms in total. The Morgan fingerprint density at radius 1 is 1.42 bits per heavy atom. The number of hydrogen-bond donors (Lipinski definition) is 2. The minimum Gasteiger partial charge on any atom is -0.491 e. The van der Waals surface area contributed by atoms with Crippen LogP contribution in [-0.4, -0.2) is 25.6 Å². The molecule has 1 aromatic rings. The maximum absolute atomic E-state index is 12.9. The molecule has 0 saturated carbocycles. The van der Waals surface area contributed by atoms with Gasteiger partial charge in [0.25, 0.3) is 0 Å². The summed E-state index contributed by atoms with van der Waals surface area (Å²) in [4.78, 5) is 12.3. The first kappa shape index (κ1) is 20.6. The number of nitrogens with one attached hydrogen (secondary N) is 2. The average Bonchev–Trinajstić information content (AvgIpc) is 2.42. The van der Waals surface area contributed by atoms with Crippen LogP contribution in [0.5, 0.6) is 5.75 Å². The van der Waals surface area contributed by atoms with Gasteiger partial charge in [-0.3, -0.25) is 4.79 Å². The standard InChI is InChI=1S/C16H21F3N2O2.ClH/c1-3-6-23-14-5-4-12(16(17,18)19)7-13(14)21-15(22)10(2)11-8-20-9-11;/h4-5,7,10-11,20H,3,6,8-9H2,1-2H3,(H,21,22);1H. The third-order valence-corrected chi connectivity index (χ3v) is 3.96. The van der Waals surface area contributed by atoms with Crippen molar-refractivity contribution in [2.75, 3.05) is 25.0 Å². The minimum atomic E-state index is -4.47. The number of hydrogen-bond acceptors (Lipinski definition) is 3. The van der Waals surface area contributed by atoms with Crippen LogP contribution >= 0.6 is 12.4 Å². The van der Waals surface area contributed by atoms with Gasteiger partial charge in [-0.15, -0.1) is 12.4 Å². The Hall–Kier alpha value is -1.47. The molecule has 8 heteroatoms. The Morgan fingerprint density at radius 2 is 2.08 bits per heavy atom. The molecule has 0 radical (unpaired) electrons. The van der Waals surface area contributed by atoms with Crippen LogP contribution in [0.2, 0.25) is 0 Å². The molecule has 1 aliphatic rings. The van der Waals surface area contributed by atoms with Crippen molar-refractivity contribution in [2.45, 2.75) is 26.4 Å². The lowest BCUT2D eigenvalue weighted by Gasteiger charge is -2.31. The SMILES string of the molecule is CCCOc1ccc(C(F)(F)F)cc1NC(=O)C(C)C1CNC1.Cl. The first-order valence-electron chi connectivity index (χ1n) is 7.68. The van der Waals surface area contributed by atoms with Gasteiger partial charge in [0.05, 0.1) is 17.9 Å². The highest BCUT2D eigenvalue weighted by Gasteiger charge is 2.32. The predicted molar refractivity (Wildman–Crippen MR) is 88.6 cm³/mol. The van der Waals surface area contributed by atoms with Crippen molar-refractivity contribution >= 4 is 24.0 Å². The fourth-order valence-electron chi connectivity index (χ4n) is 2.27. The molecule has 0 aromatic heterocycles. The van der Waals surface area contributed by atoms with Gasteiger partial charge in [0.1, 0.15) is 5.75 Å². The van der Waals surface area contributed by atoms with E-state index in [1.54, 1.807) is 6.92 Å². The van der Waals surface area contributed by atoms with Gasteiger partial charge >= 0.3 is 6.18 Å². The van der Waals surface area contributed by atoms with Crippen LogP contribution in [0.4, 0.5) is 18.9 Å². The fourth-order valence-corrected chi connectivity index (χ4v) is 2.27.